The minimum Gasteiger partial charge on any atom is -0.454 e. The first-order valence-electron chi connectivity index (χ1n) is 9.92. The zero-order chi connectivity index (χ0) is 20.5. The van der Waals surface area contributed by atoms with Crippen LogP contribution in [0.5, 0.6) is 11.5 Å². The van der Waals surface area contributed by atoms with Gasteiger partial charge >= 0.3 is 0 Å². The summed E-state index contributed by atoms with van der Waals surface area (Å²) in [5.41, 5.74) is 1.91. The van der Waals surface area contributed by atoms with Gasteiger partial charge in [-0.05, 0) is 23.8 Å². The highest BCUT2D eigenvalue weighted by atomic mass is 32.2. The smallest absolute Gasteiger partial charge is 0.283 e. The molecule has 7 nitrogen and oxygen atoms in total. The van der Waals surface area contributed by atoms with Gasteiger partial charge in [0.15, 0.2) is 11.5 Å². The Kier molecular flexibility index (Phi) is 5.18. The van der Waals surface area contributed by atoms with Crippen molar-refractivity contribution in [1.29, 1.82) is 0 Å². The Hall–Kier alpha value is -2.84. The fourth-order valence-corrected chi connectivity index (χ4v) is 4.81. The van der Waals surface area contributed by atoms with Gasteiger partial charge in [0.1, 0.15) is 0 Å². The average molecular weight is 423 g/mol. The molecule has 1 aliphatic carbocycles. The van der Waals surface area contributed by atoms with Gasteiger partial charge in [-0.15, -0.1) is 11.8 Å². The summed E-state index contributed by atoms with van der Waals surface area (Å²) < 4.78 is 10.8. The highest BCUT2D eigenvalue weighted by Crippen LogP contribution is 2.33. The van der Waals surface area contributed by atoms with Crippen LogP contribution in [-0.4, -0.2) is 65.5 Å². The van der Waals surface area contributed by atoms with Crippen LogP contribution in [0.2, 0.25) is 0 Å². The lowest BCUT2D eigenvalue weighted by Crippen LogP contribution is -2.48. The van der Waals surface area contributed by atoms with Crippen molar-refractivity contribution >= 4 is 29.3 Å². The van der Waals surface area contributed by atoms with Gasteiger partial charge in [0.05, 0.1) is 15.9 Å². The Balaban J connectivity index is 1.17. The number of rotatable bonds is 3. The SMILES string of the molecule is O=C1N=C2C=CC=CC2S/C1=C\C(=O)N1CCN(Cc2ccc3c(c2)OCO3)CC1. The summed E-state index contributed by atoms with van der Waals surface area (Å²) in [7, 11) is 0. The normalized spacial score (nSPS) is 24.2. The Labute approximate surface area is 178 Å². The van der Waals surface area contributed by atoms with E-state index in [4.69, 9.17) is 9.47 Å². The van der Waals surface area contributed by atoms with E-state index in [2.05, 4.69) is 9.89 Å². The molecule has 2 amide bonds. The predicted molar refractivity (Wildman–Crippen MR) is 115 cm³/mol. The van der Waals surface area contributed by atoms with Crippen LogP contribution in [0.4, 0.5) is 0 Å². The number of hydrogen-bond acceptors (Lipinski definition) is 6. The van der Waals surface area contributed by atoms with Crippen LogP contribution in [0.1, 0.15) is 5.56 Å². The van der Waals surface area contributed by atoms with Crippen molar-refractivity contribution in [2.45, 2.75) is 11.8 Å². The van der Waals surface area contributed by atoms with E-state index in [0.29, 0.717) is 18.0 Å². The Morgan fingerprint density at radius 1 is 1.17 bits per heavy atom. The lowest BCUT2D eigenvalue weighted by molar-refractivity contribution is -0.128. The van der Waals surface area contributed by atoms with Crippen molar-refractivity contribution in [1.82, 2.24) is 9.80 Å². The first-order valence-corrected chi connectivity index (χ1v) is 10.8. The molecule has 0 bridgehead atoms. The monoisotopic (exact) mass is 423 g/mol. The summed E-state index contributed by atoms with van der Waals surface area (Å²) in [6, 6.07) is 6.00. The maximum atomic E-state index is 12.7. The van der Waals surface area contributed by atoms with Crippen LogP contribution < -0.4 is 9.47 Å². The number of nitrogens with zero attached hydrogens (tertiary/aromatic N) is 3. The molecule has 154 valence electrons. The minimum atomic E-state index is -0.332. The molecule has 0 saturated carbocycles. The lowest BCUT2D eigenvalue weighted by Gasteiger charge is -2.34. The number of benzene rings is 1. The van der Waals surface area contributed by atoms with Gasteiger partial charge in [-0.1, -0.05) is 24.3 Å². The fourth-order valence-electron chi connectivity index (χ4n) is 3.80. The van der Waals surface area contributed by atoms with Gasteiger partial charge in [-0.3, -0.25) is 14.5 Å². The van der Waals surface area contributed by atoms with Crippen LogP contribution in [0.3, 0.4) is 0 Å². The second-order valence-electron chi connectivity index (χ2n) is 7.42. The predicted octanol–water partition coefficient (Wildman–Crippen LogP) is 2.15. The van der Waals surface area contributed by atoms with Crippen molar-refractivity contribution in [3.63, 3.8) is 0 Å². The lowest BCUT2D eigenvalue weighted by atomic mass is 10.1. The largest absolute Gasteiger partial charge is 0.454 e. The molecular weight excluding hydrogens is 402 g/mol. The number of aliphatic imine (C=N–C) groups is 1. The molecule has 0 aromatic heterocycles. The van der Waals surface area contributed by atoms with Crippen molar-refractivity contribution in [3.05, 3.63) is 59.0 Å². The van der Waals surface area contributed by atoms with E-state index >= 15 is 0 Å². The molecule has 1 unspecified atom stereocenters. The Morgan fingerprint density at radius 2 is 2.00 bits per heavy atom. The van der Waals surface area contributed by atoms with Gasteiger partial charge in [-0.25, -0.2) is 4.99 Å². The molecule has 1 aromatic carbocycles. The van der Waals surface area contributed by atoms with Gasteiger partial charge in [0.2, 0.25) is 12.7 Å². The maximum absolute atomic E-state index is 12.7. The van der Waals surface area contributed by atoms with Crippen molar-refractivity contribution in [2.75, 3.05) is 33.0 Å². The third-order valence-corrected chi connectivity index (χ3v) is 6.63. The summed E-state index contributed by atoms with van der Waals surface area (Å²) >= 11 is 1.39. The minimum absolute atomic E-state index is 0.00491. The van der Waals surface area contributed by atoms with Crippen LogP contribution in [0, 0.1) is 0 Å². The van der Waals surface area contributed by atoms with E-state index in [1.807, 2.05) is 42.5 Å². The average Bonchev–Trinajstić information content (AvgIpc) is 3.23. The summed E-state index contributed by atoms with van der Waals surface area (Å²) in [4.78, 5) is 33.6. The molecule has 0 N–H and O–H groups in total. The Morgan fingerprint density at radius 3 is 2.87 bits per heavy atom. The number of ether oxygens (including phenoxy) is 2. The number of allylic oxidation sites excluding steroid dienone is 3. The summed E-state index contributed by atoms with van der Waals surface area (Å²) in [6.45, 7) is 3.90. The van der Waals surface area contributed by atoms with Gasteiger partial charge < -0.3 is 14.4 Å². The molecule has 1 fully saturated rings. The van der Waals surface area contributed by atoms with E-state index in [-0.39, 0.29) is 23.9 Å². The van der Waals surface area contributed by atoms with E-state index < -0.39 is 0 Å². The van der Waals surface area contributed by atoms with E-state index in [1.165, 1.54) is 17.8 Å². The highest BCUT2D eigenvalue weighted by Gasteiger charge is 2.28. The molecule has 1 atom stereocenters. The number of carbonyl (C=O) groups is 2. The van der Waals surface area contributed by atoms with Crippen LogP contribution in [-0.2, 0) is 16.1 Å². The molecule has 5 rings (SSSR count). The maximum Gasteiger partial charge on any atom is 0.283 e. The molecule has 0 radical (unpaired) electrons. The van der Waals surface area contributed by atoms with Crippen LogP contribution in [0.15, 0.2) is 58.5 Å². The topological polar surface area (TPSA) is 71.4 Å². The number of carbonyl (C=O) groups excluding carboxylic acids is 2. The zero-order valence-corrected chi connectivity index (χ0v) is 17.1. The number of amides is 2. The molecule has 8 heteroatoms. The summed E-state index contributed by atoms with van der Waals surface area (Å²) in [5.74, 6) is 1.12. The van der Waals surface area contributed by atoms with Gasteiger partial charge in [0, 0.05) is 38.8 Å². The molecule has 30 heavy (non-hydrogen) atoms. The van der Waals surface area contributed by atoms with Crippen molar-refractivity contribution in [3.8, 4) is 11.5 Å². The number of fused-ring (bicyclic) bond motifs is 2. The standard InChI is InChI=1S/C22H21N3O4S/c26-21(12-20-22(27)23-16-3-1-2-4-19(16)30-20)25-9-7-24(8-10-25)13-15-5-6-17-18(11-15)29-14-28-17/h1-6,11-12,19H,7-10,13-14H2/b20-12-. The van der Waals surface area contributed by atoms with Gasteiger partial charge in [-0.2, -0.15) is 0 Å². The fraction of sp³-hybridized carbons (Fsp3) is 0.318. The van der Waals surface area contributed by atoms with Crippen molar-refractivity contribution in [2.24, 2.45) is 4.99 Å². The number of thioether (sulfide) groups is 1. The number of piperazine rings is 1. The van der Waals surface area contributed by atoms with E-state index in [9.17, 15) is 9.59 Å². The zero-order valence-electron chi connectivity index (χ0n) is 16.3. The number of hydrogen-bond donors (Lipinski definition) is 0. The first kappa shape index (κ1) is 19.1. The Bertz CT molecular complexity index is 1010. The molecule has 4 aliphatic rings. The highest BCUT2D eigenvalue weighted by molar-refractivity contribution is 8.05. The van der Waals surface area contributed by atoms with Gasteiger partial charge in [0.25, 0.3) is 5.91 Å². The van der Waals surface area contributed by atoms with E-state index in [0.717, 1.165) is 42.4 Å². The second-order valence-corrected chi connectivity index (χ2v) is 8.61. The quantitative estimate of drug-likeness (QED) is 0.694. The summed E-state index contributed by atoms with van der Waals surface area (Å²) in [6.07, 6.45) is 9.08. The first-order chi connectivity index (χ1) is 14.7. The molecule has 3 aliphatic heterocycles. The second kappa shape index (κ2) is 8.12. The van der Waals surface area contributed by atoms with E-state index in [1.54, 1.807) is 4.90 Å². The molecule has 1 aromatic rings. The van der Waals surface area contributed by atoms with Crippen molar-refractivity contribution < 1.29 is 19.1 Å². The van der Waals surface area contributed by atoms with Crippen LogP contribution >= 0.6 is 11.8 Å². The molecule has 1 saturated heterocycles. The third-order valence-electron chi connectivity index (χ3n) is 5.43. The third kappa shape index (κ3) is 3.93. The molecular formula is C22H21N3O4S. The summed E-state index contributed by atoms with van der Waals surface area (Å²) in [5, 5.41) is 0.00491. The van der Waals surface area contributed by atoms with Crippen LogP contribution in [0.25, 0.3) is 0 Å². The molecule has 0 spiro atoms. The molecule has 3 heterocycles.